The normalized spacial score (nSPS) is 9.90. The first-order valence-electron chi connectivity index (χ1n) is 6.58. The summed E-state index contributed by atoms with van der Waals surface area (Å²) in [6.45, 7) is 2.62. The summed E-state index contributed by atoms with van der Waals surface area (Å²) in [6, 6.07) is 14.5. The molecule has 0 aromatic heterocycles. The van der Waals surface area contributed by atoms with E-state index in [0.29, 0.717) is 12.2 Å². The number of benzene rings is 2. The molecular weight excluding hydrogens is 266 g/mol. The van der Waals surface area contributed by atoms with Crippen molar-refractivity contribution >= 4 is 11.4 Å². The lowest BCUT2D eigenvalue weighted by atomic mass is 10.1. The van der Waals surface area contributed by atoms with Gasteiger partial charge in [0, 0.05) is 12.6 Å². The highest BCUT2D eigenvalue weighted by Gasteiger charge is 2.14. The van der Waals surface area contributed by atoms with Crippen LogP contribution in [0.1, 0.15) is 16.7 Å². The van der Waals surface area contributed by atoms with Crippen LogP contribution >= 0.6 is 0 Å². The van der Waals surface area contributed by atoms with Gasteiger partial charge in [-0.15, -0.1) is 0 Å². The third-order valence-corrected chi connectivity index (χ3v) is 3.14. The van der Waals surface area contributed by atoms with E-state index in [1.807, 2.05) is 31.2 Å². The molecule has 0 heterocycles. The number of nitro groups is 1. The molecule has 0 radical (unpaired) electrons. The second-order valence-corrected chi connectivity index (χ2v) is 4.77. The molecule has 5 heteroatoms. The molecule has 0 saturated carbocycles. The highest BCUT2D eigenvalue weighted by molar-refractivity contribution is 5.64. The van der Waals surface area contributed by atoms with Crippen LogP contribution in [0.4, 0.5) is 11.4 Å². The van der Waals surface area contributed by atoms with Crippen LogP contribution in [0.2, 0.25) is 0 Å². The Kier molecular flexibility index (Phi) is 4.52. The molecule has 0 fully saturated rings. The van der Waals surface area contributed by atoms with Crippen LogP contribution in [-0.4, -0.2) is 11.5 Å². The van der Waals surface area contributed by atoms with Crippen LogP contribution in [0, 0.1) is 28.4 Å². The van der Waals surface area contributed by atoms with Crippen LogP contribution in [-0.2, 0) is 6.42 Å². The van der Waals surface area contributed by atoms with Crippen LogP contribution in [0.15, 0.2) is 42.5 Å². The number of nitrogens with zero attached hydrogens (tertiary/aromatic N) is 2. The Morgan fingerprint density at radius 1 is 1.29 bits per heavy atom. The van der Waals surface area contributed by atoms with Crippen molar-refractivity contribution in [2.24, 2.45) is 0 Å². The summed E-state index contributed by atoms with van der Waals surface area (Å²) in [6.07, 6.45) is 0.777. The number of hydrogen-bond acceptors (Lipinski definition) is 4. The van der Waals surface area contributed by atoms with Gasteiger partial charge in [-0.3, -0.25) is 10.1 Å². The zero-order valence-electron chi connectivity index (χ0n) is 11.7. The van der Waals surface area contributed by atoms with Crippen molar-refractivity contribution in [1.29, 1.82) is 5.26 Å². The van der Waals surface area contributed by atoms with E-state index in [4.69, 9.17) is 5.26 Å². The minimum Gasteiger partial charge on any atom is -0.379 e. The van der Waals surface area contributed by atoms with Crippen LogP contribution in [0.5, 0.6) is 0 Å². The first kappa shape index (κ1) is 14.5. The maximum Gasteiger partial charge on any atom is 0.293 e. The highest BCUT2D eigenvalue weighted by Crippen LogP contribution is 2.25. The first-order valence-corrected chi connectivity index (χ1v) is 6.58. The van der Waals surface area contributed by atoms with Gasteiger partial charge in [0.2, 0.25) is 0 Å². The summed E-state index contributed by atoms with van der Waals surface area (Å²) in [4.78, 5) is 10.5. The minimum absolute atomic E-state index is 0.0710. The molecule has 0 amide bonds. The molecule has 106 valence electrons. The molecule has 5 nitrogen and oxygen atoms in total. The number of hydrogen-bond donors (Lipinski definition) is 1. The summed E-state index contributed by atoms with van der Waals surface area (Å²) in [5.41, 5.74) is 3.02. The molecule has 0 aliphatic heterocycles. The molecule has 0 unspecified atom stereocenters. The monoisotopic (exact) mass is 281 g/mol. The number of rotatable bonds is 5. The van der Waals surface area contributed by atoms with Gasteiger partial charge in [-0.05, 0) is 31.0 Å². The predicted octanol–water partition coefficient (Wildman–Crippen LogP) is 3.43. The number of anilines is 1. The first-order chi connectivity index (χ1) is 10.1. The molecule has 0 spiro atoms. The summed E-state index contributed by atoms with van der Waals surface area (Å²) in [5.74, 6) is 0. The molecule has 0 saturated heterocycles. The summed E-state index contributed by atoms with van der Waals surface area (Å²) in [7, 11) is 0. The molecule has 2 aromatic rings. The zero-order valence-corrected chi connectivity index (χ0v) is 11.7. The van der Waals surface area contributed by atoms with Gasteiger partial charge in [0.15, 0.2) is 0 Å². The lowest BCUT2D eigenvalue weighted by Crippen LogP contribution is -2.07. The quantitative estimate of drug-likeness (QED) is 0.672. The molecule has 21 heavy (non-hydrogen) atoms. The molecule has 0 aliphatic carbocycles. The number of nitriles is 1. The van der Waals surface area contributed by atoms with Crippen molar-refractivity contribution in [1.82, 2.24) is 0 Å². The van der Waals surface area contributed by atoms with Gasteiger partial charge in [0.05, 0.1) is 16.6 Å². The number of nitrogens with one attached hydrogen (secondary N) is 1. The van der Waals surface area contributed by atoms with E-state index < -0.39 is 4.92 Å². The Bertz CT molecular complexity index is 705. The number of aryl methyl sites for hydroxylation is 1. The molecule has 2 rings (SSSR count). The fourth-order valence-electron chi connectivity index (χ4n) is 2.11. The maximum absolute atomic E-state index is 11.0. The Labute approximate surface area is 123 Å². The van der Waals surface area contributed by atoms with Crippen molar-refractivity contribution in [3.05, 3.63) is 69.3 Å². The molecule has 2 aromatic carbocycles. The zero-order chi connectivity index (χ0) is 15.2. The van der Waals surface area contributed by atoms with Crippen LogP contribution in [0.25, 0.3) is 0 Å². The Balaban J connectivity index is 2.06. The van der Waals surface area contributed by atoms with E-state index in [2.05, 4.69) is 11.4 Å². The predicted molar refractivity (Wildman–Crippen MR) is 81.2 cm³/mol. The van der Waals surface area contributed by atoms with E-state index in [1.165, 1.54) is 17.2 Å². The second kappa shape index (κ2) is 6.53. The summed E-state index contributed by atoms with van der Waals surface area (Å²) < 4.78 is 0. The van der Waals surface area contributed by atoms with E-state index in [-0.39, 0.29) is 11.3 Å². The smallest absolute Gasteiger partial charge is 0.293 e. The Morgan fingerprint density at radius 2 is 2.10 bits per heavy atom. The third-order valence-electron chi connectivity index (χ3n) is 3.14. The van der Waals surface area contributed by atoms with Crippen molar-refractivity contribution in [2.45, 2.75) is 13.3 Å². The van der Waals surface area contributed by atoms with Crippen molar-refractivity contribution < 1.29 is 4.92 Å². The highest BCUT2D eigenvalue weighted by atomic mass is 16.6. The SMILES string of the molecule is Cc1cccc(CCNc2ccc(C#N)cc2[N+](=O)[O-])c1. The minimum atomic E-state index is -0.476. The Hall–Kier alpha value is -2.87. The van der Waals surface area contributed by atoms with Gasteiger partial charge < -0.3 is 5.32 Å². The van der Waals surface area contributed by atoms with Gasteiger partial charge >= 0.3 is 0 Å². The largest absolute Gasteiger partial charge is 0.379 e. The lowest BCUT2D eigenvalue weighted by Gasteiger charge is -2.08. The lowest BCUT2D eigenvalue weighted by molar-refractivity contribution is -0.384. The topological polar surface area (TPSA) is 79.0 Å². The van der Waals surface area contributed by atoms with Gasteiger partial charge in [0.1, 0.15) is 5.69 Å². The number of nitro benzene ring substituents is 1. The van der Waals surface area contributed by atoms with E-state index in [9.17, 15) is 10.1 Å². The fraction of sp³-hybridized carbons (Fsp3) is 0.188. The van der Waals surface area contributed by atoms with E-state index >= 15 is 0 Å². The summed E-state index contributed by atoms with van der Waals surface area (Å²) >= 11 is 0. The average molecular weight is 281 g/mol. The standard InChI is InChI=1S/C16H15N3O2/c1-12-3-2-4-13(9-12)7-8-18-15-6-5-14(11-17)10-16(15)19(20)21/h2-6,9-10,18H,7-8H2,1H3. The maximum atomic E-state index is 11.0. The van der Waals surface area contributed by atoms with Crippen molar-refractivity contribution in [3.63, 3.8) is 0 Å². The molecule has 0 bridgehead atoms. The van der Waals surface area contributed by atoms with Crippen LogP contribution < -0.4 is 5.32 Å². The van der Waals surface area contributed by atoms with E-state index in [1.54, 1.807) is 12.1 Å². The van der Waals surface area contributed by atoms with Crippen molar-refractivity contribution in [3.8, 4) is 6.07 Å². The van der Waals surface area contributed by atoms with Crippen LogP contribution in [0.3, 0.4) is 0 Å². The van der Waals surface area contributed by atoms with Gasteiger partial charge in [-0.2, -0.15) is 5.26 Å². The molecule has 1 N–H and O–H groups in total. The summed E-state index contributed by atoms with van der Waals surface area (Å²) in [5, 5.41) is 22.9. The van der Waals surface area contributed by atoms with Gasteiger partial charge in [0.25, 0.3) is 5.69 Å². The second-order valence-electron chi connectivity index (χ2n) is 4.77. The molecule has 0 aliphatic rings. The molecule has 0 atom stereocenters. The Morgan fingerprint density at radius 3 is 2.76 bits per heavy atom. The fourth-order valence-corrected chi connectivity index (χ4v) is 2.11. The third kappa shape index (κ3) is 3.80. The van der Waals surface area contributed by atoms with Gasteiger partial charge in [-0.25, -0.2) is 0 Å². The van der Waals surface area contributed by atoms with Gasteiger partial charge in [-0.1, -0.05) is 29.8 Å². The van der Waals surface area contributed by atoms with Crippen molar-refractivity contribution in [2.75, 3.05) is 11.9 Å². The van der Waals surface area contributed by atoms with E-state index in [0.717, 1.165) is 6.42 Å². The molecular formula is C16H15N3O2. The average Bonchev–Trinajstić information content (AvgIpc) is 2.47.